The molecule has 0 amide bonds. The summed E-state index contributed by atoms with van der Waals surface area (Å²) in [5, 5.41) is 0. The number of rotatable bonds is 3. The van der Waals surface area contributed by atoms with Crippen molar-refractivity contribution >= 4 is 11.9 Å². The van der Waals surface area contributed by atoms with Gasteiger partial charge in [0, 0.05) is 5.56 Å². The molecule has 158 valence electrons. The summed E-state index contributed by atoms with van der Waals surface area (Å²) in [4.78, 5) is 18.5. The zero-order chi connectivity index (χ0) is 21.8. The maximum atomic E-state index is 13.5. The lowest BCUT2D eigenvalue weighted by Crippen LogP contribution is -2.52. The molecule has 1 fully saturated rings. The van der Waals surface area contributed by atoms with E-state index in [1.807, 2.05) is 49.4 Å². The molecule has 2 aromatic carbocycles. The van der Waals surface area contributed by atoms with E-state index in [4.69, 9.17) is 14.5 Å². The Bertz CT molecular complexity index is 985. The molecule has 0 saturated carbocycles. The third kappa shape index (κ3) is 3.27. The molecule has 1 saturated heterocycles. The highest BCUT2D eigenvalue weighted by Gasteiger charge is 2.64. The molecule has 4 heteroatoms. The van der Waals surface area contributed by atoms with E-state index < -0.39 is 11.1 Å². The Morgan fingerprint density at radius 3 is 2.10 bits per heavy atom. The Morgan fingerprint density at radius 2 is 1.57 bits per heavy atom. The van der Waals surface area contributed by atoms with Crippen LogP contribution in [0.15, 0.2) is 59.6 Å². The molecule has 0 spiro atoms. The minimum Gasteiger partial charge on any atom is -0.405 e. The number of carbonyl (C=O) groups excluding carboxylic acids is 1. The number of benzene rings is 2. The van der Waals surface area contributed by atoms with Gasteiger partial charge in [-0.05, 0) is 47.4 Å². The van der Waals surface area contributed by atoms with Crippen LogP contribution in [0.3, 0.4) is 0 Å². The SMILES string of the molecule is CC1(C)CO[C@@](C)([C@@]2(c3ccccc3)N=C(c3ccc(C(C)(C)C)cc3)OC2=O)C1. The van der Waals surface area contributed by atoms with Crippen molar-refractivity contribution in [3.05, 3.63) is 71.3 Å². The van der Waals surface area contributed by atoms with Gasteiger partial charge in [0.25, 0.3) is 0 Å². The van der Waals surface area contributed by atoms with Gasteiger partial charge in [-0.15, -0.1) is 0 Å². The molecule has 0 bridgehead atoms. The number of esters is 1. The Labute approximate surface area is 179 Å². The van der Waals surface area contributed by atoms with Crippen molar-refractivity contribution in [1.82, 2.24) is 0 Å². The van der Waals surface area contributed by atoms with Crippen LogP contribution < -0.4 is 0 Å². The highest BCUT2D eigenvalue weighted by Crippen LogP contribution is 2.53. The fourth-order valence-electron chi connectivity index (χ4n) is 4.72. The number of carbonyl (C=O) groups is 1. The van der Waals surface area contributed by atoms with Gasteiger partial charge in [-0.25, -0.2) is 9.79 Å². The molecule has 0 unspecified atom stereocenters. The lowest BCUT2D eigenvalue weighted by Gasteiger charge is -2.38. The molecular weight excluding hydrogens is 374 g/mol. The highest BCUT2D eigenvalue weighted by atomic mass is 16.6. The van der Waals surface area contributed by atoms with Gasteiger partial charge in [-0.2, -0.15) is 0 Å². The van der Waals surface area contributed by atoms with Crippen LogP contribution in [0.5, 0.6) is 0 Å². The molecule has 4 rings (SSSR count). The number of ether oxygens (including phenoxy) is 2. The molecule has 30 heavy (non-hydrogen) atoms. The zero-order valence-electron chi connectivity index (χ0n) is 18.8. The monoisotopic (exact) mass is 405 g/mol. The normalized spacial score (nSPS) is 28.3. The Balaban J connectivity index is 1.83. The van der Waals surface area contributed by atoms with Crippen LogP contribution in [0, 0.1) is 5.41 Å². The highest BCUT2D eigenvalue weighted by molar-refractivity contribution is 6.08. The largest absolute Gasteiger partial charge is 0.405 e. The van der Waals surface area contributed by atoms with Crippen molar-refractivity contribution in [3.8, 4) is 0 Å². The van der Waals surface area contributed by atoms with Crippen LogP contribution in [-0.2, 0) is 25.2 Å². The molecule has 0 N–H and O–H groups in total. The van der Waals surface area contributed by atoms with E-state index in [9.17, 15) is 4.79 Å². The van der Waals surface area contributed by atoms with Gasteiger partial charge in [0.15, 0.2) is 0 Å². The van der Waals surface area contributed by atoms with Gasteiger partial charge in [-0.1, -0.05) is 77.1 Å². The topological polar surface area (TPSA) is 47.9 Å². The summed E-state index contributed by atoms with van der Waals surface area (Å²) >= 11 is 0. The van der Waals surface area contributed by atoms with Crippen LogP contribution in [0.4, 0.5) is 0 Å². The van der Waals surface area contributed by atoms with Crippen LogP contribution in [0.25, 0.3) is 0 Å². The number of hydrogen-bond acceptors (Lipinski definition) is 4. The van der Waals surface area contributed by atoms with Crippen LogP contribution >= 0.6 is 0 Å². The molecule has 2 aliphatic heterocycles. The van der Waals surface area contributed by atoms with Gasteiger partial charge < -0.3 is 9.47 Å². The number of aliphatic imine (C=N–C) groups is 1. The summed E-state index contributed by atoms with van der Waals surface area (Å²) in [6.07, 6.45) is 0.712. The van der Waals surface area contributed by atoms with Crippen molar-refractivity contribution in [2.75, 3.05) is 6.61 Å². The average Bonchev–Trinajstić information content (AvgIpc) is 3.19. The summed E-state index contributed by atoms with van der Waals surface area (Å²) in [6.45, 7) is 13.4. The first-order valence-electron chi connectivity index (χ1n) is 10.6. The fourth-order valence-corrected chi connectivity index (χ4v) is 4.72. The van der Waals surface area contributed by atoms with E-state index in [-0.39, 0.29) is 16.8 Å². The van der Waals surface area contributed by atoms with E-state index >= 15 is 0 Å². The van der Waals surface area contributed by atoms with Crippen molar-refractivity contribution in [2.45, 2.75) is 64.5 Å². The van der Waals surface area contributed by atoms with Gasteiger partial charge in [0.05, 0.1) is 6.61 Å². The number of cyclic esters (lactones) is 1. The molecule has 2 aromatic rings. The molecule has 4 nitrogen and oxygen atoms in total. The minimum atomic E-state index is -1.22. The third-order valence-electron chi connectivity index (χ3n) is 6.31. The number of nitrogens with zero attached hydrogens (tertiary/aromatic N) is 1. The first-order valence-corrected chi connectivity index (χ1v) is 10.6. The van der Waals surface area contributed by atoms with Crippen LogP contribution in [0.2, 0.25) is 0 Å². The maximum Gasteiger partial charge on any atom is 0.348 e. The summed E-state index contributed by atoms with van der Waals surface area (Å²) < 4.78 is 12.1. The van der Waals surface area contributed by atoms with Crippen LogP contribution in [-0.4, -0.2) is 24.1 Å². The Hall–Kier alpha value is -2.46. The quantitative estimate of drug-likeness (QED) is 0.644. The second kappa shape index (κ2) is 6.78. The maximum absolute atomic E-state index is 13.5. The van der Waals surface area contributed by atoms with E-state index in [1.165, 1.54) is 5.56 Å². The second-order valence-electron chi connectivity index (χ2n) is 10.6. The Kier molecular flexibility index (Phi) is 4.70. The van der Waals surface area contributed by atoms with Gasteiger partial charge >= 0.3 is 5.97 Å². The summed E-state index contributed by atoms with van der Waals surface area (Å²) in [5.74, 6) is -0.0114. The van der Waals surface area contributed by atoms with E-state index in [1.54, 1.807) is 0 Å². The zero-order valence-corrected chi connectivity index (χ0v) is 18.8. The van der Waals surface area contributed by atoms with Crippen molar-refractivity contribution in [2.24, 2.45) is 10.4 Å². The van der Waals surface area contributed by atoms with E-state index in [2.05, 4.69) is 46.8 Å². The van der Waals surface area contributed by atoms with Crippen molar-refractivity contribution in [1.29, 1.82) is 0 Å². The second-order valence-corrected chi connectivity index (χ2v) is 10.6. The molecule has 2 atom stereocenters. The van der Waals surface area contributed by atoms with Crippen LogP contribution in [0.1, 0.15) is 64.7 Å². The molecular formula is C26H31NO3. The standard InChI is InChI=1S/C26H31NO3/c1-23(2,3)19-14-12-18(13-15-19)21-27-26(22(28)30-21,20-10-8-7-9-11-20)25(6)16-24(4,5)17-29-25/h7-15H,16-17H2,1-6H3/t25-,26+/m1/s1. The van der Waals surface area contributed by atoms with E-state index in [0.29, 0.717) is 18.9 Å². The minimum absolute atomic E-state index is 0.0383. The number of hydrogen-bond donors (Lipinski definition) is 0. The third-order valence-corrected chi connectivity index (χ3v) is 6.31. The summed E-state index contributed by atoms with van der Waals surface area (Å²) in [5.41, 5.74) is 0.827. The van der Waals surface area contributed by atoms with Gasteiger partial charge in [0.1, 0.15) is 5.60 Å². The fraction of sp³-hybridized carbons (Fsp3) is 0.462. The van der Waals surface area contributed by atoms with Crippen molar-refractivity contribution < 1.29 is 14.3 Å². The lowest BCUT2D eigenvalue weighted by atomic mass is 9.70. The summed E-state index contributed by atoms with van der Waals surface area (Å²) in [7, 11) is 0. The van der Waals surface area contributed by atoms with Gasteiger partial charge in [-0.3, -0.25) is 0 Å². The predicted octanol–water partition coefficient (Wildman–Crippen LogP) is 5.39. The molecule has 0 aliphatic carbocycles. The summed E-state index contributed by atoms with van der Waals surface area (Å²) in [6, 6.07) is 17.8. The Morgan fingerprint density at radius 1 is 0.933 bits per heavy atom. The first kappa shape index (κ1) is 20.8. The molecule has 2 aliphatic rings. The average molecular weight is 406 g/mol. The smallest absolute Gasteiger partial charge is 0.348 e. The predicted molar refractivity (Wildman–Crippen MR) is 119 cm³/mol. The molecule has 2 heterocycles. The lowest BCUT2D eigenvalue weighted by molar-refractivity contribution is -0.150. The van der Waals surface area contributed by atoms with Crippen molar-refractivity contribution in [3.63, 3.8) is 0 Å². The first-order chi connectivity index (χ1) is 14.0. The van der Waals surface area contributed by atoms with Gasteiger partial charge in [0.2, 0.25) is 11.4 Å². The molecule has 0 aromatic heterocycles. The van der Waals surface area contributed by atoms with E-state index in [0.717, 1.165) is 11.1 Å². The molecule has 0 radical (unpaired) electrons.